The van der Waals surface area contributed by atoms with E-state index in [0.717, 1.165) is 10.5 Å². The summed E-state index contributed by atoms with van der Waals surface area (Å²) in [5.74, 6) is 0.0177. The molecule has 17 heavy (non-hydrogen) atoms. The minimum absolute atomic E-state index is 0.0164. The highest BCUT2D eigenvalue weighted by molar-refractivity contribution is 8.00. The number of benzene rings is 1. The average molecular weight is 254 g/mol. The smallest absolute Gasteiger partial charge is 0.316 e. The standard InChI is InChI=1S/C13H18O3S/c1-13(2,3)16-12(15)9-17-11-7-5-4-6-10(11)8-14/h4-7,14H,8-9H2,1-3H3. The van der Waals surface area contributed by atoms with Gasteiger partial charge in [-0.25, -0.2) is 0 Å². The molecular weight excluding hydrogens is 236 g/mol. The molecule has 0 aromatic heterocycles. The molecular formula is C13H18O3S. The summed E-state index contributed by atoms with van der Waals surface area (Å²) < 4.78 is 5.21. The van der Waals surface area contributed by atoms with E-state index in [0.29, 0.717) is 0 Å². The number of aliphatic hydroxyl groups is 1. The molecule has 4 heteroatoms. The minimum atomic E-state index is -0.450. The Hall–Kier alpha value is -1.00. The number of esters is 1. The number of carbonyl (C=O) groups excluding carboxylic acids is 1. The Labute approximate surface area is 106 Å². The van der Waals surface area contributed by atoms with E-state index in [1.165, 1.54) is 11.8 Å². The zero-order valence-corrected chi connectivity index (χ0v) is 11.2. The van der Waals surface area contributed by atoms with Crippen molar-refractivity contribution in [2.75, 3.05) is 5.75 Å². The third-order valence-electron chi connectivity index (χ3n) is 1.91. The first kappa shape index (κ1) is 14.1. The van der Waals surface area contributed by atoms with Crippen molar-refractivity contribution in [3.8, 4) is 0 Å². The minimum Gasteiger partial charge on any atom is -0.459 e. The molecule has 0 aliphatic carbocycles. The van der Waals surface area contributed by atoms with Crippen molar-refractivity contribution in [1.82, 2.24) is 0 Å². The van der Waals surface area contributed by atoms with Crippen molar-refractivity contribution >= 4 is 17.7 Å². The number of hydrogen-bond acceptors (Lipinski definition) is 4. The van der Waals surface area contributed by atoms with Crippen LogP contribution >= 0.6 is 11.8 Å². The second-order valence-corrected chi connectivity index (χ2v) is 5.66. The van der Waals surface area contributed by atoms with Crippen LogP contribution in [0.1, 0.15) is 26.3 Å². The van der Waals surface area contributed by atoms with Crippen LogP contribution in [0, 0.1) is 0 Å². The van der Waals surface area contributed by atoms with Gasteiger partial charge in [0.1, 0.15) is 5.60 Å². The summed E-state index contributed by atoms with van der Waals surface area (Å²) in [5, 5.41) is 9.14. The van der Waals surface area contributed by atoms with E-state index in [-0.39, 0.29) is 18.3 Å². The third-order valence-corrected chi connectivity index (χ3v) is 3.00. The zero-order chi connectivity index (χ0) is 12.9. The summed E-state index contributed by atoms with van der Waals surface area (Å²) in [6, 6.07) is 7.48. The maximum atomic E-state index is 11.5. The van der Waals surface area contributed by atoms with Crippen LogP contribution in [0.25, 0.3) is 0 Å². The first-order valence-corrected chi connectivity index (χ1v) is 6.44. The molecule has 1 aromatic rings. The van der Waals surface area contributed by atoms with E-state index < -0.39 is 5.60 Å². The summed E-state index contributed by atoms with van der Waals surface area (Å²) in [6.07, 6.45) is 0. The van der Waals surface area contributed by atoms with Crippen molar-refractivity contribution in [3.05, 3.63) is 29.8 Å². The molecule has 0 unspecified atom stereocenters. The van der Waals surface area contributed by atoms with Crippen molar-refractivity contribution in [2.45, 2.75) is 37.9 Å². The second-order valence-electron chi connectivity index (χ2n) is 4.64. The third kappa shape index (κ3) is 5.24. The number of aliphatic hydroxyl groups excluding tert-OH is 1. The van der Waals surface area contributed by atoms with Crippen LogP contribution in [0.4, 0.5) is 0 Å². The highest BCUT2D eigenvalue weighted by Crippen LogP contribution is 2.23. The normalized spacial score (nSPS) is 11.3. The Kier molecular flexibility index (Phi) is 5.02. The summed E-state index contributed by atoms with van der Waals surface area (Å²) in [5.41, 5.74) is 0.384. The van der Waals surface area contributed by atoms with E-state index in [1.807, 2.05) is 45.0 Å². The lowest BCUT2D eigenvalue weighted by Gasteiger charge is -2.19. The molecule has 0 aliphatic rings. The topological polar surface area (TPSA) is 46.5 Å². The molecule has 94 valence electrons. The van der Waals surface area contributed by atoms with Crippen LogP contribution in [0.3, 0.4) is 0 Å². The Morgan fingerprint density at radius 2 is 2.00 bits per heavy atom. The summed E-state index contributed by atoms with van der Waals surface area (Å²) in [6.45, 7) is 5.52. The molecule has 0 aliphatic heterocycles. The number of rotatable bonds is 4. The quantitative estimate of drug-likeness (QED) is 0.662. The van der Waals surface area contributed by atoms with Gasteiger partial charge in [0.25, 0.3) is 0 Å². The fraction of sp³-hybridized carbons (Fsp3) is 0.462. The Balaban J connectivity index is 2.53. The maximum Gasteiger partial charge on any atom is 0.316 e. The number of ether oxygens (including phenoxy) is 1. The Morgan fingerprint density at radius 1 is 1.35 bits per heavy atom. The summed E-state index contributed by atoms with van der Waals surface area (Å²) in [7, 11) is 0. The lowest BCUT2D eigenvalue weighted by atomic mass is 10.2. The highest BCUT2D eigenvalue weighted by atomic mass is 32.2. The second kappa shape index (κ2) is 6.07. The van der Waals surface area contributed by atoms with Crippen molar-refractivity contribution in [1.29, 1.82) is 0 Å². The Bertz CT molecular complexity index is 382. The molecule has 0 saturated heterocycles. The zero-order valence-electron chi connectivity index (χ0n) is 10.4. The van der Waals surface area contributed by atoms with E-state index in [2.05, 4.69) is 0 Å². The maximum absolute atomic E-state index is 11.5. The molecule has 0 fully saturated rings. The monoisotopic (exact) mass is 254 g/mol. The molecule has 1 N–H and O–H groups in total. The van der Waals surface area contributed by atoms with Gasteiger partial charge in [0.2, 0.25) is 0 Å². The highest BCUT2D eigenvalue weighted by Gasteiger charge is 2.16. The van der Waals surface area contributed by atoms with E-state index in [4.69, 9.17) is 9.84 Å². The molecule has 0 bridgehead atoms. The first-order chi connectivity index (χ1) is 7.92. The molecule has 0 heterocycles. The Morgan fingerprint density at radius 3 is 2.59 bits per heavy atom. The molecule has 0 saturated carbocycles. The number of carbonyl (C=O) groups is 1. The van der Waals surface area contributed by atoms with Crippen LogP contribution in [0.2, 0.25) is 0 Å². The van der Waals surface area contributed by atoms with Crippen molar-refractivity contribution in [2.24, 2.45) is 0 Å². The van der Waals surface area contributed by atoms with Crippen LogP contribution in [0.15, 0.2) is 29.2 Å². The number of hydrogen-bond donors (Lipinski definition) is 1. The van der Waals surface area contributed by atoms with Crippen molar-refractivity contribution < 1.29 is 14.6 Å². The van der Waals surface area contributed by atoms with E-state index >= 15 is 0 Å². The molecule has 0 atom stereocenters. The van der Waals surface area contributed by atoms with Gasteiger partial charge in [-0.2, -0.15) is 0 Å². The molecule has 0 amide bonds. The number of thioether (sulfide) groups is 1. The van der Waals surface area contributed by atoms with Gasteiger partial charge in [-0.1, -0.05) is 18.2 Å². The predicted octanol–water partition coefficient (Wildman–Crippen LogP) is 2.61. The van der Waals surface area contributed by atoms with E-state index in [9.17, 15) is 4.79 Å². The molecule has 3 nitrogen and oxygen atoms in total. The molecule has 1 aromatic carbocycles. The summed E-state index contributed by atoms with van der Waals surface area (Å²) >= 11 is 1.39. The van der Waals surface area contributed by atoms with Gasteiger partial charge in [0.15, 0.2) is 0 Å². The van der Waals surface area contributed by atoms with Gasteiger partial charge >= 0.3 is 5.97 Å². The van der Waals surface area contributed by atoms with Crippen LogP contribution in [-0.4, -0.2) is 22.4 Å². The molecule has 0 spiro atoms. The average Bonchev–Trinajstić information content (AvgIpc) is 2.24. The van der Waals surface area contributed by atoms with Crippen molar-refractivity contribution in [3.63, 3.8) is 0 Å². The lowest BCUT2D eigenvalue weighted by molar-refractivity contribution is -0.151. The van der Waals surface area contributed by atoms with E-state index in [1.54, 1.807) is 0 Å². The first-order valence-electron chi connectivity index (χ1n) is 5.46. The van der Waals surface area contributed by atoms with Crippen LogP contribution in [-0.2, 0) is 16.1 Å². The van der Waals surface area contributed by atoms with Gasteiger partial charge in [-0.3, -0.25) is 4.79 Å². The van der Waals surface area contributed by atoms with Crippen LogP contribution in [0.5, 0.6) is 0 Å². The fourth-order valence-corrected chi connectivity index (χ4v) is 2.11. The SMILES string of the molecule is CC(C)(C)OC(=O)CSc1ccccc1CO. The largest absolute Gasteiger partial charge is 0.459 e. The lowest BCUT2D eigenvalue weighted by Crippen LogP contribution is -2.24. The van der Waals surface area contributed by atoms with Gasteiger partial charge in [0.05, 0.1) is 12.4 Å². The predicted molar refractivity (Wildman–Crippen MR) is 68.9 cm³/mol. The van der Waals surface area contributed by atoms with Gasteiger partial charge in [0, 0.05) is 4.90 Å². The summed E-state index contributed by atoms with van der Waals surface area (Å²) in [4.78, 5) is 12.4. The molecule has 0 radical (unpaired) electrons. The van der Waals surface area contributed by atoms with Gasteiger partial charge in [-0.05, 0) is 32.4 Å². The molecule has 1 rings (SSSR count). The fourth-order valence-electron chi connectivity index (χ4n) is 1.28. The van der Waals surface area contributed by atoms with Gasteiger partial charge in [-0.15, -0.1) is 11.8 Å². The van der Waals surface area contributed by atoms with Gasteiger partial charge < -0.3 is 9.84 Å². The van der Waals surface area contributed by atoms with Crippen LogP contribution < -0.4 is 0 Å².